The molecule has 2 aromatic heterocycles. The van der Waals surface area contributed by atoms with Crippen molar-refractivity contribution >= 4 is 22.8 Å². The number of hydrogen-bond acceptors (Lipinski definition) is 5. The topological polar surface area (TPSA) is 82.2 Å². The third-order valence-electron chi connectivity index (χ3n) is 5.23. The van der Waals surface area contributed by atoms with Crippen LogP contribution in [-0.4, -0.2) is 51.4 Å². The van der Waals surface area contributed by atoms with Crippen LogP contribution in [0.1, 0.15) is 19.0 Å². The van der Waals surface area contributed by atoms with Gasteiger partial charge < -0.3 is 14.8 Å². The molecule has 150 valence electrons. The van der Waals surface area contributed by atoms with E-state index in [4.69, 9.17) is 0 Å². The minimum absolute atomic E-state index is 0.00192. The second-order valence-corrected chi connectivity index (χ2v) is 7.25. The molecule has 1 fully saturated rings. The van der Waals surface area contributed by atoms with E-state index in [0.717, 1.165) is 0 Å². The monoisotopic (exact) mass is 395 g/mol. The molecule has 0 aliphatic carbocycles. The van der Waals surface area contributed by atoms with Gasteiger partial charge in [-0.2, -0.15) is 0 Å². The number of carbonyl (C=O) groups excluding carboxylic acids is 1. The number of para-hydroxylation sites is 2. The van der Waals surface area contributed by atoms with Crippen molar-refractivity contribution in [1.29, 1.82) is 0 Å². The number of nitrogens with zero attached hydrogens (tertiary/aromatic N) is 4. The molecule has 1 atom stereocenters. The number of aryl methyl sites for hydroxylation is 1. The summed E-state index contributed by atoms with van der Waals surface area (Å²) in [6.07, 6.45) is 1.73. The van der Waals surface area contributed by atoms with Crippen molar-refractivity contribution in [3.63, 3.8) is 0 Å². The van der Waals surface area contributed by atoms with Gasteiger partial charge in [0.2, 0.25) is 5.91 Å². The van der Waals surface area contributed by atoms with E-state index in [1.807, 2.05) is 25.1 Å². The van der Waals surface area contributed by atoms with E-state index in [1.54, 1.807) is 17.0 Å². The van der Waals surface area contributed by atoms with Gasteiger partial charge in [-0.1, -0.05) is 12.1 Å². The zero-order valence-electron chi connectivity index (χ0n) is 16.1. The molecule has 4 rings (SSSR count). The number of anilines is 1. The Morgan fingerprint density at radius 3 is 2.83 bits per heavy atom. The highest BCUT2D eigenvalue weighted by Gasteiger charge is 2.27. The number of amides is 1. The van der Waals surface area contributed by atoms with Crippen molar-refractivity contribution in [2.75, 3.05) is 24.5 Å². The lowest BCUT2D eigenvalue weighted by Gasteiger charge is -2.40. The lowest BCUT2D eigenvalue weighted by atomic mass is 10.1. The van der Waals surface area contributed by atoms with Crippen LogP contribution in [0.2, 0.25) is 0 Å². The standard InChI is InChI=1S/C21H22FN5O2/c1-14-13-26(10-11-27(14)19-8-6-15(22)12-23-19)20(28)9-7-18-21(29)25-17-5-3-2-4-16(17)24-18/h2-6,8,12,14H,7,9-11,13H2,1H3,(H,25,29). The molecule has 1 aliphatic rings. The molecule has 1 unspecified atom stereocenters. The molecule has 1 aliphatic heterocycles. The molecule has 7 nitrogen and oxygen atoms in total. The summed E-state index contributed by atoms with van der Waals surface area (Å²) in [5, 5.41) is 0. The number of rotatable bonds is 4. The summed E-state index contributed by atoms with van der Waals surface area (Å²) in [5.41, 5.74) is 1.52. The highest BCUT2D eigenvalue weighted by Crippen LogP contribution is 2.19. The van der Waals surface area contributed by atoms with Gasteiger partial charge in [-0.25, -0.2) is 14.4 Å². The summed E-state index contributed by atoms with van der Waals surface area (Å²) in [5.74, 6) is 0.336. The number of carbonyl (C=O) groups is 1. The Labute approximate surface area is 167 Å². The average Bonchev–Trinajstić information content (AvgIpc) is 2.72. The van der Waals surface area contributed by atoms with E-state index < -0.39 is 0 Å². The normalized spacial score (nSPS) is 17.0. The third kappa shape index (κ3) is 4.11. The van der Waals surface area contributed by atoms with Gasteiger partial charge in [-0.05, 0) is 31.2 Å². The highest BCUT2D eigenvalue weighted by atomic mass is 19.1. The highest BCUT2D eigenvalue weighted by molar-refractivity contribution is 5.77. The molecule has 0 saturated carbocycles. The maximum Gasteiger partial charge on any atom is 0.270 e. The Balaban J connectivity index is 1.38. The number of aromatic amines is 1. The number of pyridine rings is 1. The molecule has 0 bridgehead atoms. The molecule has 29 heavy (non-hydrogen) atoms. The van der Waals surface area contributed by atoms with Gasteiger partial charge in [-0.3, -0.25) is 9.59 Å². The summed E-state index contributed by atoms with van der Waals surface area (Å²) in [6.45, 7) is 3.75. The van der Waals surface area contributed by atoms with Crippen molar-refractivity contribution in [3.8, 4) is 0 Å². The summed E-state index contributed by atoms with van der Waals surface area (Å²) >= 11 is 0. The van der Waals surface area contributed by atoms with Gasteiger partial charge in [0.15, 0.2) is 0 Å². The maximum absolute atomic E-state index is 13.1. The van der Waals surface area contributed by atoms with Gasteiger partial charge in [0.1, 0.15) is 17.3 Å². The summed E-state index contributed by atoms with van der Waals surface area (Å²) in [7, 11) is 0. The van der Waals surface area contributed by atoms with Crippen molar-refractivity contribution in [3.05, 3.63) is 64.5 Å². The fourth-order valence-corrected chi connectivity index (χ4v) is 3.68. The van der Waals surface area contributed by atoms with Gasteiger partial charge in [0, 0.05) is 38.5 Å². The van der Waals surface area contributed by atoms with Crippen LogP contribution in [-0.2, 0) is 11.2 Å². The van der Waals surface area contributed by atoms with Crippen LogP contribution >= 0.6 is 0 Å². The number of hydrogen-bond donors (Lipinski definition) is 1. The van der Waals surface area contributed by atoms with Crippen LogP contribution in [0.5, 0.6) is 0 Å². The summed E-state index contributed by atoms with van der Waals surface area (Å²) in [6, 6.07) is 10.4. The lowest BCUT2D eigenvalue weighted by molar-refractivity contribution is -0.131. The predicted molar refractivity (Wildman–Crippen MR) is 108 cm³/mol. The first kappa shape index (κ1) is 19.0. The van der Waals surface area contributed by atoms with Gasteiger partial charge in [0.05, 0.1) is 17.2 Å². The summed E-state index contributed by atoms with van der Waals surface area (Å²) in [4.78, 5) is 40.1. The molecule has 3 aromatic rings. The van der Waals surface area contributed by atoms with Crippen LogP contribution in [0.3, 0.4) is 0 Å². The molecule has 1 amide bonds. The van der Waals surface area contributed by atoms with E-state index in [2.05, 4.69) is 19.9 Å². The second-order valence-electron chi connectivity index (χ2n) is 7.25. The zero-order chi connectivity index (χ0) is 20.4. The first-order chi connectivity index (χ1) is 14.0. The number of piperazine rings is 1. The average molecular weight is 395 g/mol. The number of halogens is 1. The Kier molecular flexibility index (Phi) is 5.24. The van der Waals surface area contributed by atoms with Crippen LogP contribution in [0.25, 0.3) is 11.0 Å². The molecule has 1 N–H and O–H groups in total. The molecule has 8 heteroatoms. The number of fused-ring (bicyclic) bond motifs is 1. The summed E-state index contributed by atoms with van der Waals surface area (Å²) < 4.78 is 13.1. The Hall–Kier alpha value is -3.29. The Bertz CT molecular complexity index is 1080. The molecule has 0 radical (unpaired) electrons. The van der Waals surface area contributed by atoms with E-state index in [1.165, 1.54) is 12.3 Å². The smallest absolute Gasteiger partial charge is 0.270 e. The number of benzene rings is 1. The molecule has 0 spiro atoms. The van der Waals surface area contributed by atoms with Gasteiger partial charge >= 0.3 is 0 Å². The fraction of sp³-hybridized carbons (Fsp3) is 0.333. The van der Waals surface area contributed by atoms with Crippen molar-refractivity contribution in [1.82, 2.24) is 19.9 Å². The van der Waals surface area contributed by atoms with Crippen LogP contribution in [0.15, 0.2) is 47.4 Å². The second kappa shape index (κ2) is 7.98. The van der Waals surface area contributed by atoms with E-state index >= 15 is 0 Å². The van der Waals surface area contributed by atoms with E-state index in [-0.39, 0.29) is 29.7 Å². The number of H-pyrrole nitrogens is 1. The minimum Gasteiger partial charge on any atom is -0.350 e. The molecular formula is C21H22FN5O2. The number of nitrogens with one attached hydrogen (secondary N) is 1. The minimum atomic E-state index is -0.368. The zero-order valence-corrected chi connectivity index (χ0v) is 16.1. The third-order valence-corrected chi connectivity index (χ3v) is 5.23. The fourth-order valence-electron chi connectivity index (χ4n) is 3.68. The quantitative estimate of drug-likeness (QED) is 0.732. The SMILES string of the molecule is CC1CN(C(=O)CCc2nc3ccccc3[nH]c2=O)CCN1c1ccc(F)cn1. The largest absolute Gasteiger partial charge is 0.350 e. The van der Waals surface area contributed by atoms with E-state index in [0.29, 0.717) is 48.6 Å². The molecule has 3 heterocycles. The number of aromatic nitrogens is 3. The first-order valence-electron chi connectivity index (χ1n) is 9.65. The van der Waals surface area contributed by atoms with Crippen LogP contribution in [0.4, 0.5) is 10.2 Å². The molecule has 1 aromatic carbocycles. The maximum atomic E-state index is 13.1. The molecule has 1 saturated heterocycles. The van der Waals surface area contributed by atoms with Crippen molar-refractivity contribution in [2.45, 2.75) is 25.8 Å². The van der Waals surface area contributed by atoms with Crippen molar-refractivity contribution in [2.24, 2.45) is 0 Å². The van der Waals surface area contributed by atoms with Gasteiger partial charge in [-0.15, -0.1) is 0 Å². The first-order valence-corrected chi connectivity index (χ1v) is 9.65. The lowest BCUT2D eigenvalue weighted by Crippen LogP contribution is -2.54. The van der Waals surface area contributed by atoms with Gasteiger partial charge in [0.25, 0.3) is 5.56 Å². The Morgan fingerprint density at radius 2 is 2.07 bits per heavy atom. The Morgan fingerprint density at radius 1 is 1.24 bits per heavy atom. The molecular weight excluding hydrogens is 373 g/mol. The van der Waals surface area contributed by atoms with Crippen LogP contribution in [0, 0.1) is 5.82 Å². The van der Waals surface area contributed by atoms with E-state index in [9.17, 15) is 14.0 Å². The van der Waals surface area contributed by atoms with Crippen LogP contribution < -0.4 is 10.5 Å². The van der Waals surface area contributed by atoms with Crippen molar-refractivity contribution < 1.29 is 9.18 Å². The predicted octanol–water partition coefficient (Wildman–Crippen LogP) is 2.13.